The van der Waals surface area contributed by atoms with Gasteiger partial charge in [0.15, 0.2) is 0 Å². The zero-order valence-electron chi connectivity index (χ0n) is 23.8. The van der Waals surface area contributed by atoms with Gasteiger partial charge < -0.3 is 15.0 Å². The van der Waals surface area contributed by atoms with Gasteiger partial charge in [-0.05, 0) is 46.5 Å². The smallest absolute Gasteiger partial charge is 0.251 e. The average Bonchev–Trinajstić information content (AvgIpc) is 3.08. The summed E-state index contributed by atoms with van der Waals surface area (Å²) >= 11 is 1.76. The molecular formula is C37H33FN2O2S. The minimum atomic E-state index is -0.542. The summed E-state index contributed by atoms with van der Waals surface area (Å²) < 4.78 is 19.5. The van der Waals surface area contributed by atoms with Gasteiger partial charge in [-0.2, -0.15) is 0 Å². The number of thioether (sulfide) groups is 1. The fourth-order valence-corrected chi connectivity index (χ4v) is 7.11. The van der Waals surface area contributed by atoms with Crippen LogP contribution in [0.3, 0.4) is 0 Å². The Kier molecular flexibility index (Phi) is 8.87. The zero-order chi connectivity index (χ0) is 29.5. The Morgan fingerprint density at radius 2 is 1.28 bits per heavy atom. The van der Waals surface area contributed by atoms with Crippen LogP contribution >= 0.6 is 11.8 Å². The summed E-state index contributed by atoms with van der Waals surface area (Å²) in [6, 6.07) is 44.3. The number of carbonyl (C=O) groups excluding carboxylic acids is 1. The molecule has 1 fully saturated rings. The van der Waals surface area contributed by atoms with Crippen molar-refractivity contribution in [2.75, 3.05) is 31.2 Å². The SMILES string of the molecule is O=C(NCc1ccccc1SC(c1ccccc1)(c1ccccc1)c1ccccc1)c1cc(F)cc(N2CCOCC2)c1. The highest BCUT2D eigenvalue weighted by molar-refractivity contribution is 8.00. The van der Waals surface area contributed by atoms with Gasteiger partial charge >= 0.3 is 0 Å². The van der Waals surface area contributed by atoms with Crippen LogP contribution in [0.5, 0.6) is 0 Å². The molecule has 5 aromatic carbocycles. The van der Waals surface area contributed by atoms with E-state index in [0.29, 0.717) is 44.1 Å². The fourth-order valence-electron chi connectivity index (χ4n) is 5.60. The number of anilines is 1. The van der Waals surface area contributed by atoms with Crippen LogP contribution in [0.15, 0.2) is 138 Å². The fraction of sp³-hybridized carbons (Fsp3) is 0.162. The van der Waals surface area contributed by atoms with Crippen LogP contribution in [-0.2, 0) is 16.0 Å². The van der Waals surface area contributed by atoms with E-state index in [2.05, 4.69) is 84.2 Å². The highest BCUT2D eigenvalue weighted by Crippen LogP contribution is 2.52. The largest absolute Gasteiger partial charge is 0.378 e. The first-order valence-corrected chi connectivity index (χ1v) is 15.3. The predicted octanol–water partition coefficient (Wildman–Crippen LogP) is 7.68. The number of ether oxygens (including phenoxy) is 1. The second-order valence-corrected chi connectivity index (χ2v) is 11.7. The van der Waals surface area contributed by atoms with Crippen molar-refractivity contribution in [2.45, 2.75) is 16.2 Å². The van der Waals surface area contributed by atoms with E-state index in [1.807, 2.05) is 41.3 Å². The van der Waals surface area contributed by atoms with Crippen LogP contribution in [0.4, 0.5) is 10.1 Å². The minimum absolute atomic E-state index is 0.304. The summed E-state index contributed by atoms with van der Waals surface area (Å²) in [5, 5.41) is 3.06. The molecule has 4 nitrogen and oxygen atoms in total. The standard InChI is InChI=1S/C37H33FN2O2S/c38-33-24-29(25-34(26-33)40-20-22-42-23-21-40)36(41)39-27-28-12-10-11-19-35(28)43-37(30-13-4-1-5-14-30,31-15-6-2-7-16-31)32-17-8-3-9-18-32/h1-19,24-26H,20-23,27H2,(H,39,41). The van der Waals surface area contributed by atoms with E-state index in [0.717, 1.165) is 27.1 Å². The molecule has 0 aliphatic carbocycles. The summed E-state index contributed by atoms with van der Waals surface area (Å²) in [6.45, 7) is 2.81. The Labute approximate surface area is 256 Å². The molecule has 43 heavy (non-hydrogen) atoms. The quantitative estimate of drug-likeness (QED) is 0.142. The second-order valence-electron chi connectivity index (χ2n) is 10.5. The number of morpholine rings is 1. The second kappa shape index (κ2) is 13.3. The Morgan fingerprint density at radius 3 is 1.86 bits per heavy atom. The lowest BCUT2D eigenvalue weighted by molar-refractivity contribution is 0.0950. The van der Waals surface area contributed by atoms with Crippen molar-refractivity contribution in [1.82, 2.24) is 5.32 Å². The molecule has 5 aromatic rings. The van der Waals surface area contributed by atoms with Crippen molar-refractivity contribution in [1.29, 1.82) is 0 Å². The molecule has 1 heterocycles. The lowest BCUT2D eigenvalue weighted by atomic mass is 9.84. The van der Waals surface area contributed by atoms with Gasteiger partial charge in [-0.15, -0.1) is 11.8 Å². The van der Waals surface area contributed by atoms with Gasteiger partial charge in [0, 0.05) is 35.8 Å². The van der Waals surface area contributed by atoms with Crippen LogP contribution in [-0.4, -0.2) is 32.2 Å². The Morgan fingerprint density at radius 1 is 0.744 bits per heavy atom. The highest BCUT2D eigenvalue weighted by Gasteiger charge is 2.38. The van der Waals surface area contributed by atoms with E-state index in [1.165, 1.54) is 12.1 Å². The molecule has 6 rings (SSSR count). The maximum absolute atomic E-state index is 14.6. The van der Waals surface area contributed by atoms with Crippen LogP contribution in [0.1, 0.15) is 32.6 Å². The van der Waals surface area contributed by atoms with Gasteiger partial charge in [0.05, 0.1) is 18.0 Å². The topological polar surface area (TPSA) is 41.6 Å². The number of halogens is 1. The van der Waals surface area contributed by atoms with E-state index in [9.17, 15) is 9.18 Å². The third kappa shape index (κ3) is 6.36. The van der Waals surface area contributed by atoms with E-state index in [-0.39, 0.29) is 5.91 Å². The molecule has 0 spiro atoms. The summed E-state index contributed by atoms with van der Waals surface area (Å²) in [7, 11) is 0. The van der Waals surface area contributed by atoms with Crippen molar-refractivity contribution >= 4 is 23.4 Å². The molecular weight excluding hydrogens is 555 g/mol. The Balaban J connectivity index is 1.33. The zero-order valence-corrected chi connectivity index (χ0v) is 24.6. The average molecular weight is 589 g/mol. The van der Waals surface area contributed by atoms with Crippen molar-refractivity contribution in [3.05, 3.63) is 167 Å². The lowest BCUT2D eigenvalue weighted by Crippen LogP contribution is -2.36. The summed E-state index contributed by atoms with van der Waals surface area (Å²) in [6.07, 6.45) is 0. The number of rotatable bonds is 9. The number of carbonyl (C=O) groups is 1. The van der Waals surface area contributed by atoms with Crippen molar-refractivity contribution in [3.8, 4) is 0 Å². The molecule has 0 unspecified atom stereocenters. The maximum Gasteiger partial charge on any atom is 0.251 e. The van der Waals surface area contributed by atoms with Gasteiger partial charge in [0.1, 0.15) is 5.82 Å². The van der Waals surface area contributed by atoms with Gasteiger partial charge in [-0.25, -0.2) is 4.39 Å². The van der Waals surface area contributed by atoms with Crippen molar-refractivity contribution in [3.63, 3.8) is 0 Å². The molecule has 1 aliphatic heterocycles. The van der Waals surface area contributed by atoms with Gasteiger partial charge in [0.2, 0.25) is 0 Å². The Bertz CT molecular complexity index is 1560. The van der Waals surface area contributed by atoms with E-state index < -0.39 is 10.6 Å². The monoisotopic (exact) mass is 588 g/mol. The first-order valence-electron chi connectivity index (χ1n) is 14.5. The number of benzene rings is 5. The predicted molar refractivity (Wildman–Crippen MR) is 172 cm³/mol. The molecule has 0 bridgehead atoms. The van der Waals surface area contributed by atoms with E-state index in [4.69, 9.17) is 4.74 Å². The van der Waals surface area contributed by atoms with Crippen LogP contribution in [0.2, 0.25) is 0 Å². The van der Waals surface area contributed by atoms with E-state index >= 15 is 0 Å². The van der Waals surface area contributed by atoms with Crippen molar-refractivity contribution < 1.29 is 13.9 Å². The lowest BCUT2D eigenvalue weighted by Gasteiger charge is -2.36. The normalized spacial score (nSPS) is 13.5. The molecule has 1 aliphatic rings. The van der Waals surface area contributed by atoms with Crippen LogP contribution in [0, 0.1) is 5.82 Å². The molecule has 0 aromatic heterocycles. The van der Waals surface area contributed by atoms with E-state index in [1.54, 1.807) is 17.8 Å². The number of nitrogens with one attached hydrogen (secondary N) is 1. The molecule has 1 amide bonds. The highest BCUT2D eigenvalue weighted by atomic mass is 32.2. The third-order valence-electron chi connectivity index (χ3n) is 7.74. The number of hydrogen-bond acceptors (Lipinski definition) is 4. The first-order chi connectivity index (χ1) is 21.1. The van der Waals surface area contributed by atoms with Crippen LogP contribution in [0.25, 0.3) is 0 Å². The minimum Gasteiger partial charge on any atom is -0.378 e. The Hall–Kier alpha value is -4.39. The van der Waals surface area contributed by atoms with Crippen molar-refractivity contribution in [2.24, 2.45) is 0 Å². The van der Waals surface area contributed by atoms with Gasteiger partial charge in [0.25, 0.3) is 5.91 Å². The van der Waals surface area contributed by atoms with Gasteiger partial charge in [-0.1, -0.05) is 109 Å². The van der Waals surface area contributed by atoms with Crippen LogP contribution < -0.4 is 10.2 Å². The molecule has 0 radical (unpaired) electrons. The summed E-state index contributed by atoms with van der Waals surface area (Å²) in [5.74, 6) is -0.738. The summed E-state index contributed by atoms with van der Waals surface area (Å²) in [4.78, 5) is 16.4. The molecule has 216 valence electrons. The number of nitrogens with zero attached hydrogens (tertiary/aromatic N) is 1. The summed E-state index contributed by atoms with van der Waals surface area (Å²) in [5.41, 5.74) is 5.46. The first kappa shape index (κ1) is 28.7. The maximum atomic E-state index is 14.6. The molecule has 1 N–H and O–H groups in total. The van der Waals surface area contributed by atoms with Gasteiger partial charge in [-0.3, -0.25) is 4.79 Å². The number of amides is 1. The third-order valence-corrected chi connectivity index (χ3v) is 9.37. The molecule has 0 atom stereocenters. The molecule has 1 saturated heterocycles. The molecule has 0 saturated carbocycles. The number of hydrogen-bond donors (Lipinski definition) is 1. The molecule has 6 heteroatoms.